The Morgan fingerprint density at radius 1 is 1.07 bits per heavy atom. The smallest absolute Gasteiger partial charge is 0.416 e. The van der Waals surface area contributed by atoms with Gasteiger partial charge in [-0.05, 0) is 30.3 Å². The van der Waals surface area contributed by atoms with Gasteiger partial charge in [0.1, 0.15) is 0 Å². The number of carbonyl (C=O) groups is 3. The van der Waals surface area contributed by atoms with Gasteiger partial charge in [0, 0.05) is 16.9 Å². The molecule has 0 aliphatic carbocycles. The van der Waals surface area contributed by atoms with Crippen LogP contribution in [0.2, 0.25) is 0 Å². The Hall–Kier alpha value is -2.81. The molecule has 3 rings (SSSR count). The maximum absolute atomic E-state index is 12.7. The molecule has 140 valence electrons. The van der Waals surface area contributed by atoms with Gasteiger partial charge in [-0.1, -0.05) is 18.2 Å². The zero-order chi connectivity index (χ0) is 19.8. The topological polar surface area (TPSA) is 77.5 Å². The van der Waals surface area contributed by atoms with Crippen LogP contribution in [-0.4, -0.2) is 23.0 Å². The van der Waals surface area contributed by atoms with Crippen molar-refractivity contribution >= 4 is 35.2 Å². The number of hydrogen-bond acceptors (Lipinski definition) is 5. The van der Waals surface area contributed by atoms with Crippen LogP contribution in [0.4, 0.5) is 18.9 Å². The second-order valence-electron chi connectivity index (χ2n) is 5.71. The Kier molecular flexibility index (Phi) is 4.97. The normalized spacial score (nSPS) is 17.4. The van der Waals surface area contributed by atoms with E-state index in [0.29, 0.717) is 0 Å². The molecule has 1 fully saturated rings. The van der Waals surface area contributed by atoms with E-state index in [4.69, 9.17) is 0 Å². The summed E-state index contributed by atoms with van der Waals surface area (Å²) in [4.78, 5) is 37.1. The Balaban J connectivity index is 1.83. The average molecular weight is 394 g/mol. The fourth-order valence-corrected chi connectivity index (χ4v) is 3.83. The first-order valence-corrected chi connectivity index (χ1v) is 8.57. The number of anilines is 1. The molecule has 2 aromatic carbocycles. The summed E-state index contributed by atoms with van der Waals surface area (Å²) in [7, 11) is 0. The summed E-state index contributed by atoms with van der Waals surface area (Å²) in [5.74, 6) is -2.59. The minimum atomic E-state index is -4.52. The summed E-state index contributed by atoms with van der Waals surface area (Å²) in [5.41, 5.74) is -0.954. The van der Waals surface area contributed by atoms with Crippen LogP contribution in [-0.2, 0) is 15.8 Å². The maximum atomic E-state index is 12.7. The van der Waals surface area contributed by atoms with Gasteiger partial charge in [-0.25, -0.2) is 4.90 Å². The highest BCUT2D eigenvalue weighted by molar-refractivity contribution is 8.00. The minimum absolute atomic E-state index is 0.0364. The van der Waals surface area contributed by atoms with Gasteiger partial charge in [-0.3, -0.25) is 9.59 Å². The van der Waals surface area contributed by atoms with Crippen molar-refractivity contribution in [2.24, 2.45) is 0 Å². The fraction of sp³-hybridized carbons (Fsp3) is 0.167. The molecule has 9 heteroatoms. The van der Waals surface area contributed by atoms with Crippen LogP contribution in [0.25, 0.3) is 0 Å². The third kappa shape index (κ3) is 3.82. The lowest BCUT2D eigenvalue weighted by Gasteiger charge is -2.16. The number of rotatable bonds is 4. The van der Waals surface area contributed by atoms with E-state index in [1.165, 1.54) is 18.2 Å². The van der Waals surface area contributed by atoms with Crippen LogP contribution < -0.4 is 10.0 Å². The third-order valence-corrected chi connectivity index (χ3v) is 5.20. The number of carboxylic acid groups (broad SMARTS) is 1. The number of halogens is 3. The zero-order valence-corrected chi connectivity index (χ0v) is 14.3. The van der Waals surface area contributed by atoms with Crippen LogP contribution in [0.15, 0.2) is 53.4 Å². The Morgan fingerprint density at radius 3 is 2.30 bits per heavy atom. The SMILES string of the molecule is O=C([O-])c1ccccc1S[C@@H]1CC(=O)N(c2ccc(C(F)(F)F)cc2)C1=O. The van der Waals surface area contributed by atoms with Crippen LogP contribution in [0, 0.1) is 0 Å². The van der Waals surface area contributed by atoms with Crippen molar-refractivity contribution < 1.29 is 32.7 Å². The van der Waals surface area contributed by atoms with Crippen molar-refractivity contribution in [2.75, 3.05) is 4.90 Å². The van der Waals surface area contributed by atoms with Gasteiger partial charge >= 0.3 is 6.18 Å². The number of carboxylic acids is 1. The number of nitrogens with zero attached hydrogens (tertiary/aromatic N) is 1. The first-order valence-electron chi connectivity index (χ1n) is 7.69. The number of hydrogen-bond donors (Lipinski definition) is 0. The lowest BCUT2D eigenvalue weighted by atomic mass is 10.2. The second kappa shape index (κ2) is 7.07. The molecule has 1 saturated heterocycles. The molecule has 0 bridgehead atoms. The van der Waals surface area contributed by atoms with Crippen molar-refractivity contribution in [2.45, 2.75) is 22.7 Å². The molecule has 5 nitrogen and oxygen atoms in total. The first kappa shape index (κ1) is 19.0. The van der Waals surface area contributed by atoms with Gasteiger partial charge in [0.2, 0.25) is 11.8 Å². The number of benzene rings is 2. The summed E-state index contributed by atoms with van der Waals surface area (Å²) in [5, 5.41) is 10.3. The summed E-state index contributed by atoms with van der Waals surface area (Å²) >= 11 is 0.911. The highest BCUT2D eigenvalue weighted by Crippen LogP contribution is 2.36. The molecule has 0 spiro atoms. The highest BCUT2D eigenvalue weighted by atomic mass is 32.2. The number of amides is 2. The van der Waals surface area contributed by atoms with Crippen molar-refractivity contribution in [1.29, 1.82) is 0 Å². The highest BCUT2D eigenvalue weighted by Gasteiger charge is 2.40. The molecule has 0 unspecified atom stereocenters. The largest absolute Gasteiger partial charge is 0.545 e. The van der Waals surface area contributed by atoms with Crippen LogP contribution >= 0.6 is 11.8 Å². The van der Waals surface area contributed by atoms with Crippen molar-refractivity contribution in [3.05, 3.63) is 59.7 Å². The number of carbonyl (C=O) groups excluding carboxylic acids is 3. The predicted molar refractivity (Wildman–Crippen MR) is 89.0 cm³/mol. The monoisotopic (exact) mass is 394 g/mol. The van der Waals surface area contributed by atoms with Crippen molar-refractivity contribution in [3.8, 4) is 0 Å². The molecule has 0 aromatic heterocycles. The molecule has 1 aliphatic rings. The summed E-state index contributed by atoms with van der Waals surface area (Å²) < 4.78 is 38.0. The van der Waals surface area contributed by atoms with Gasteiger partial charge in [-0.15, -0.1) is 11.8 Å². The molecular weight excluding hydrogens is 383 g/mol. The second-order valence-corrected chi connectivity index (χ2v) is 6.95. The predicted octanol–water partition coefficient (Wildman–Crippen LogP) is 2.49. The average Bonchev–Trinajstić information content (AvgIpc) is 2.88. The van der Waals surface area contributed by atoms with Crippen molar-refractivity contribution in [3.63, 3.8) is 0 Å². The summed E-state index contributed by atoms with van der Waals surface area (Å²) in [6, 6.07) is 9.61. The van der Waals surface area contributed by atoms with E-state index in [1.807, 2.05) is 0 Å². The molecule has 0 radical (unpaired) electrons. The lowest BCUT2D eigenvalue weighted by molar-refractivity contribution is -0.255. The molecule has 2 amide bonds. The van der Waals surface area contributed by atoms with E-state index in [1.54, 1.807) is 6.07 Å². The van der Waals surface area contributed by atoms with E-state index in [9.17, 15) is 32.7 Å². The summed E-state index contributed by atoms with van der Waals surface area (Å²) in [6.07, 6.45) is -4.71. The number of imide groups is 1. The van der Waals surface area contributed by atoms with Gasteiger partial charge in [0.05, 0.1) is 22.5 Å². The van der Waals surface area contributed by atoms with Crippen LogP contribution in [0.5, 0.6) is 0 Å². The van der Waals surface area contributed by atoms with E-state index in [-0.39, 0.29) is 22.6 Å². The molecular formula is C18H11F3NO4S-. The van der Waals surface area contributed by atoms with Gasteiger partial charge < -0.3 is 9.90 Å². The summed E-state index contributed by atoms with van der Waals surface area (Å²) in [6.45, 7) is 0. The van der Waals surface area contributed by atoms with Crippen LogP contribution in [0.1, 0.15) is 22.3 Å². The number of thioether (sulfide) groups is 1. The number of alkyl halides is 3. The van der Waals surface area contributed by atoms with Gasteiger partial charge in [0.25, 0.3) is 0 Å². The lowest BCUT2D eigenvalue weighted by Crippen LogP contribution is -2.31. The first-order chi connectivity index (χ1) is 12.7. The molecule has 2 aromatic rings. The van der Waals surface area contributed by atoms with E-state index in [0.717, 1.165) is 40.9 Å². The van der Waals surface area contributed by atoms with Crippen molar-refractivity contribution in [1.82, 2.24) is 0 Å². The van der Waals surface area contributed by atoms with E-state index >= 15 is 0 Å². The quantitative estimate of drug-likeness (QED) is 0.745. The minimum Gasteiger partial charge on any atom is -0.545 e. The van der Waals surface area contributed by atoms with E-state index in [2.05, 4.69) is 0 Å². The molecule has 1 heterocycles. The third-order valence-electron chi connectivity index (χ3n) is 3.93. The standard InChI is InChI=1S/C18H12F3NO4S/c19-18(20,21)10-5-7-11(8-6-10)22-15(23)9-14(16(22)24)27-13-4-2-1-3-12(13)17(25)26/h1-8,14H,9H2,(H,25,26)/p-1/t14-/m1/s1. The fourth-order valence-electron chi connectivity index (χ4n) is 2.66. The Morgan fingerprint density at radius 2 is 1.70 bits per heavy atom. The Labute approximate surface area is 155 Å². The molecule has 1 aliphatic heterocycles. The molecule has 0 N–H and O–H groups in total. The zero-order valence-electron chi connectivity index (χ0n) is 13.5. The molecule has 1 atom stereocenters. The van der Waals surface area contributed by atoms with Gasteiger partial charge in [0.15, 0.2) is 0 Å². The van der Waals surface area contributed by atoms with Crippen LogP contribution in [0.3, 0.4) is 0 Å². The molecule has 27 heavy (non-hydrogen) atoms. The number of aromatic carboxylic acids is 1. The molecule has 0 saturated carbocycles. The van der Waals surface area contributed by atoms with E-state index < -0.39 is 34.8 Å². The van der Waals surface area contributed by atoms with Gasteiger partial charge in [-0.2, -0.15) is 13.2 Å². The Bertz CT molecular complexity index is 912. The maximum Gasteiger partial charge on any atom is 0.416 e.